The molecular formula is C13H19FN2O2S. The lowest BCUT2D eigenvalue weighted by atomic mass is 10.2. The summed E-state index contributed by atoms with van der Waals surface area (Å²) in [6.45, 7) is 1.81. The van der Waals surface area contributed by atoms with Crippen LogP contribution in [0.2, 0.25) is 0 Å². The van der Waals surface area contributed by atoms with Crippen LogP contribution in [0.5, 0.6) is 0 Å². The molecule has 1 aromatic rings. The highest BCUT2D eigenvalue weighted by molar-refractivity contribution is 7.98. The lowest BCUT2D eigenvalue weighted by molar-refractivity contribution is 0.241. The number of aryl methyl sites for hydroxylation is 1. The summed E-state index contributed by atoms with van der Waals surface area (Å²) in [5.41, 5.74) is 1.24. The van der Waals surface area contributed by atoms with E-state index in [-0.39, 0.29) is 18.7 Å². The van der Waals surface area contributed by atoms with Gasteiger partial charge in [0.25, 0.3) is 0 Å². The number of aliphatic hydroxyl groups is 1. The first kappa shape index (κ1) is 15.8. The molecule has 0 aliphatic heterocycles. The van der Waals surface area contributed by atoms with Crippen molar-refractivity contribution in [3.63, 3.8) is 0 Å². The monoisotopic (exact) mass is 286 g/mol. The molecule has 0 aliphatic rings. The quantitative estimate of drug-likeness (QED) is 0.752. The molecule has 3 N–H and O–H groups in total. The van der Waals surface area contributed by atoms with E-state index in [1.807, 2.05) is 6.26 Å². The maximum absolute atomic E-state index is 13.1. The number of halogens is 1. The molecule has 106 valence electrons. The van der Waals surface area contributed by atoms with Crippen LogP contribution in [0.1, 0.15) is 12.0 Å². The van der Waals surface area contributed by atoms with E-state index >= 15 is 0 Å². The summed E-state index contributed by atoms with van der Waals surface area (Å²) in [7, 11) is 0. The Bertz CT molecular complexity index is 423. The Morgan fingerprint density at radius 1 is 1.53 bits per heavy atom. The van der Waals surface area contributed by atoms with Crippen LogP contribution in [0.3, 0.4) is 0 Å². The highest BCUT2D eigenvalue weighted by Gasteiger charge is 2.12. The summed E-state index contributed by atoms with van der Waals surface area (Å²) in [6, 6.07) is 3.75. The molecule has 0 spiro atoms. The zero-order chi connectivity index (χ0) is 14.3. The maximum Gasteiger partial charge on any atom is 0.319 e. The summed E-state index contributed by atoms with van der Waals surface area (Å²) in [6.07, 6.45) is 2.43. The van der Waals surface area contributed by atoms with Crippen molar-refractivity contribution in [1.82, 2.24) is 5.32 Å². The van der Waals surface area contributed by atoms with Gasteiger partial charge in [0.1, 0.15) is 5.82 Å². The van der Waals surface area contributed by atoms with Crippen LogP contribution in [-0.4, -0.2) is 35.8 Å². The third kappa shape index (κ3) is 5.48. The normalized spacial score (nSPS) is 12.0. The molecule has 0 unspecified atom stereocenters. The van der Waals surface area contributed by atoms with E-state index in [9.17, 15) is 9.18 Å². The van der Waals surface area contributed by atoms with Crippen LogP contribution in [0.15, 0.2) is 18.2 Å². The number of aliphatic hydroxyl groups excluding tert-OH is 1. The second kappa shape index (κ2) is 8.01. The number of hydrogen-bond donors (Lipinski definition) is 3. The Labute approximate surface area is 116 Å². The molecule has 0 aliphatic carbocycles. The zero-order valence-corrected chi connectivity index (χ0v) is 11.9. The number of urea groups is 1. The standard InChI is InChI=1S/C13H19FN2O2S/c1-9-3-4-10(14)7-12(9)16-13(18)15-11(5-6-17)8-19-2/h3-4,7,11,17H,5-6,8H2,1-2H3,(H2,15,16,18)/t11-/m0/s1. The van der Waals surface area contributed by atoms with Crippen molar-refractivity contribution in [3.8, 4) is 0 Å². The van der Waals surface area contributed by atoms with Gasteiger partial charge in [-0.25, -0.2) is 9.18 Å². The number of amides is 2. The van der Waals surface area contributed by atoms with Crippen LogP contribution in [0, 0.1) is 12.7 Å². The molecule has 0 saturated carbocycles. The van der Waals surface area contributed by atoms with Gasteiger partial charge in [-0.3, -0.25) is 0 Å². The predicted octanol–water partition coefficient (Wildman–Crippen LogP) is 2.37. The summed E-state index contributed by atoms with van der Waals surface area (Å²) < 4.78 is 13.1. The van der Waals surface area contributed by atoms with Gasteiger partial charge in [-0.15, -0.1) is 0 Å². The van der Waals surface area contributed by atoms with Crippen LogP contribution >= 0.6 is 11.8 Å². The Hall–Kier alpha value is -1.27. The van der Waals surface area contributed by atoms with Crippen LogP contribution < -0.4 is 10.6 Å². The van der Waals surface area contributed by atoms with Gasteiger partial charge in [0.2, 0.25) is 0 Å². The highest BCUT2D eigenvalue weighted by atomic mass is 32.2. The molecule has 0 fully saturated rings. The first-order chi connectivity index (χ1) is 9.06. The topological polar surface area (TPSA) is 61.4 Å². The lowest BCUT2D eigenvalue weighted by Crippen LogP contribution is -2.40. The van der Waals surface area contributed by atoms with Crippen molar-refractivity contribution < 1.29 is 14.3 Å². The van der Waals surface area contributed by atoms with E-state index in [0.717, 1.165) is 11.3 Å². The second-order valence-corrected chi connectivity index (χ2v) is 5.13. The van der Waals surface area contributed by atoms with Gasteiger partial charge in [-0.05, 0) is 37.3 Å². The SMILES string of the molecule is CSC[C@H](CCO)NC(=O)Nc1cc(F)ccc1C. The van der Waals surface area contributed by atoms with Crippen molar-refractivity contribution >= 4 is 23.5 Å². The number of benzene rings is 1. The molecule has 0 saturated heterocycles. The van der Waals surface area contributed by atoms with Crippen molar-refractivity contribution in [1.29, 1.82) is 0 Å². The Morgan fingerprint density at radius 2 is 2.26 bits per heavy atom. The number of nitrogens with one attached hydrogen (secondary N) is 2. The fraction of sp³-hybridized carbons (Fsp3) is 0.462. The van der Waals surface area contributed by atoms with Gasteiger partial charge in [0.05, 0.1) is 0 Å². The summed E-state index contributed by atoms with van der Waals surface area (Å²) in [5, 5.41) is 14.3. The fourth-order valence-corrected chi connectivity index (χ4v) is 2.28. The second-order valence-electron chi connectivity index (χ2n) is 4.22. The first-order valence-electron chi connectivity index (χ1n) is 6.00. The van der Waals surface area contributed by atoms with E-state index in [0.29, 0.717) is 12.1 Å². The van der Waals surface area contributed by atoms with Gasteiger partial charge < -0.3 is 15.7 Å². The summed E-state index contributed by atoms with van der Waals surface area (Å²) in [4.78, 5) is 11.8. The average Bonchev–Trinajstić information content (AvgIpc) is 2.34. The number of anilines is 1. The van der Waals surface area contributed by atoms with Gasteiger partial charge in [-0.1, -0.05) is 6.07 Å². The molecule has 4 nitrogen and oxygen atoms in total. The van der Waals surface area contributed by atoms with E-state index in [2.05, 4.69) is 10.6 Å². The molecule has 0 bridgehead atoms. The van der Waals surface area contributed by atoms with Gasteiger partial charge in [-0.2, -0.15) is 11.8 Å². The molecule has 1 rings (SSSR count). The van der Waals surface area contributed by atoms with Crippen molar-refractivity contribution in [2.24, 2.45) is 0 Å². The van der Waals surface area contributed by atoms with Gasteiger partial charge in [0.15, 0.2) is 0 Å². The number of rotatable bonds is 6. The smallest absolute Gasteiger partial charge is 0.319 e. The number of carbonyl (C=O) groups excluding carboxylic acids is 1. The first-order valence-corrected chi connectivity index (χ1v) is 7.39. The van der Waals surface area contributed by atoms with E-state index in [1.165, 1.54) is 12.1 Å². The average molecular weight is 286 g/mol. The molecule has 2 amide bonds. The molecule has 1 atom stereocenters. The molecule has 6 heteroatoms. The van der Waals surface area contributed by atoms with Crippen molar-refractivity contribution in [3.05, 3.63) is 29.6 Å². The van der Waals surface area contributed by atoms with E-state index < -0.39 is 5.82 Å². The van der Waals surface area contributed by atoms with Crippen molar-refractivity contribution in [2.45, 2.75) is 19.4 Å². The molecule has 0 radical (unpaired) electrons. The molecule has 0 heterocycles. The Balaban J connectivity index is 2.60. The summed E-state index contributed by atoms with van der Waals surface area (Å²) >= 11 is 1.59. The number of thioether (sulfide) groups is 1. The molecular weight excluding hydrogens is 267 g/mol. The van der Waals surface area contributed by atoms with Gasteiger partial charge in [0, 0.05) is 24.1 Å². The van der Waals surface area contributed by atoms with Crippen LogP contribution in [0.25, 0.3) is 0 Å². The predicted molar refractivity (Wildman–Crippen MR) is 77.2 cm³/mol. The largest absolute Gasteiger partial charge is 0.396 e. The van der Waals surface area contributed by atoms with E-state index in [4.69, 9.17) is 5.11 Å². The zero-order valence-electron chi connectivity index (χ0n) is 11.1. The van der Waals surface area contributed by atoms with Gasteiger partial charge >= 0.3 is 6.03 Å². The fourth-order valence-electron chi connectivity index (χ4n) is 1.63. The third-order valence-electron chi connectivity index (χ3n) is 2.63. The third-order valence-corrected chi connectivity index (χ3v) is 3.36. The Kier molecular flexibility index (Phi) is 6.66. The minimum atomic E-state index is -0.392. The maximum atomic E-state index is 13.1. The van der Waals surface area contributed by atoms with Crippen LogP contribution in [-0.2, 0) is 0 Å². The highest BCUT2D eigenvalue weighted by Crippen LogP contribution is 2.15. The van der Waals surface area contributed by atoms with E-state index in [1.54, 1.807) is 24.8 Å². The molecule has 0 aromatic heterocycles. The lowest BCUT2D eigenvalue weighted by Gasteiger charge is -2.17. The number of hydrogen-bond acceptors (Lipinski definition) is 3. The molecule has 1 aromatic carbocycles. The Morgan fingerprint density at radius 3 is 2.89 bits per heavy atom. The minimum absolute atomic E-state index is 0.0184. The van der Waals surface area contributed by atoms with Crippen molar-refractivity contribution in [2.75, 3.05) is 23.9 Å². The van der Waals surface area contributed by atoms with Crippen LogP contribution in [0.4, 0.5) is 14.9 Å². The minimum Gasteiger partial charge on any atom is -0.396 e. The summed E-state index contributed by atoms with van der Waals surface area (Å²) in [5.74, 6) is 0.327. The molecule has 19 heavy (non-hydrogen) atoms. The number of carbonyl (C=O) groups is 1.